The number of nitrogens with zero attached hydrogens (tertiary/aromatic N) is 7. The van der Waals surface area contributed by atoms with Crippen LogP contribution in [0.2, 0.25) is 0 Å². The summed E-state index contributed by atoms with van der Waals surface area (Å²) in [4.78, 5) is 58.2. The number of likely N-dealkylation sites (tertiary alicyclic amines) is 2. The van der Waals surface area contributed by atoms with Gasteiger partial charge in [0, 0.05) is 69.8 Å². The van der Waals surface area contributed by atoms with Gasteiger partial charge in [0.1, 0.15) is 12.0 Å². The van der Waals surface area contributed by atoms with Gasteiger partial charge >= 0.3 is 0 Å². The summed E-state index contributed by atoms with van der Waals surface area (Å²) in [6, 6.07) is 15.4. The first-order valence-corrected chi connectivity index (χ1v) is 16.3. The smallest absolute Gasteiger partial charge is 0.282 e. The maximum Gasteiger partial charge on any atom is 0.282 e. The van der Waals surface area contributed by atoms with E-state index in [1.54, 1.807) is 35.4 Å². The summed E-state index contributed by atoms with van der Waals surface area (Å²) in [5.74, 6) is -0.553. The Balaban J connectivity index is 1.04. The van der Waals surface area contributed by atoms with Gasteiger partial charge in [-0.3, -0.25) is 23.9 Å². The highest BCUT2D eigenvalue weighted by molar-refractivity contribution is 7.16. The Hall–Kier alpha value is -4.68. The van der Waals surface area contributed by atoms with E-state index < -0.39 is 5.60 Å². The van der Waals surface area contributed by atoms with Crippen molar-refractivity contribution in [2.75, 3.05) is 26.2 Å². The normalized spacial score (nSPS) is 19.8. The molecule has 0 aliphatic carbocycles. The Bertz CT molecular complexity index is 1930. The summed E-state index contributed by atoms with van der Waals surface area (Å²) < 4.78 is 3.27. The minimum Gasteiger partial charge on any atom is -0.388 e. The van der Waals surface area contributed by atoms with Crippen molar-refractivity contribution in [1.82, 2.24) is 33.9 Å². The van der Waals surface area contributed by atoms with Crippen LogP contribution >= 0.6 is 11.3 Å². The molecule has 0 radical (unpaired) electrons. The minimum absolute atomic E-state index is 0.0433. The van der Waals surface area contributed by atoms with Crippen molar-refractivity contribution in [2.24, 2.45) is 13.0 Å². The molecule has 0 saturated carbocycles. The third kappa shape index (κ3) is 5.74. The van der Waals surface area contributed by atoms with E-state index in [-0.39, 0.29) is 35.8 Å². The fourth-order valence-electron chi connectivity index (χ4n) is 6.77. The summed E-state index contributed by atoms with van der Waals surface area (Å²) in [7, 11) is 1.84. The van der Waals surface area contributed by atoms with Gasteiger partial charge in [0.15, 0.2) is 5.01 Å². The van der Waals surface area contributed by atoms with Gasteiger partial charge in [-0.25, -0.2) is 9.97 Å². The largest absolute Gasteiger partial charge is 0.388 e. The zero-order valence-corrected chi connectivity index (χ0v) is 26.3. The molecule has 0 bridgehead atoms. The summed E-state index contributed by atoms with van der Waals surface area (Å²) in [5.41, 5.74) is 1.29. The van der Waals surface area contributed by atoms with E-state index in [1.807, 2.05) is 59.3 Å². The van der Waals surface area contributed by atoms with Crippen molar-refractivity contribution >= 4 is 34.2 Å². The number of hydrogen-bond acceptors (Lipinski definition) is 8. The van der Waals surface area contributed by atoms with E-state index in [4.69, 9.17) is 0 Å². The highest BCUT2D eigenvalue weighted by atomic mass is 32.1. The standard InChI is InChI=1S/C34H35N7O4S/c1-38-15-9-26-29(38)37-22-41(32(26)43)21-34(45)11-17-39(18-12-34)31(42)25-10-16-40(20-27(25)23-5-3-2-4-6-23)33(44)30-36-19-28(46-30)24-7-13-35-14-8-24/h2-9,13-15,19,22,25,27,45H,10-12,16-18,20-21H2,1H3/t25-,27+/m1/s1. The van der Waals surface area contributed by atoms with E-state index in [0.717, 1.165) is 16.0 Å². The van der Waals surface area contributed by atoms with E-state index in [1.165, 1.54) is 22.2 Å². The van der Waals surface area contributed by atoms with E-state index in [2.05, 4.69) is 15.0 Å². The molecule has 2 fully saturated rings. The van der Waals surface area contributed by atoms with Crippen LogP contribution in [0.4, 0.5) is 0 Å². The molecule has 46 heavy (non-hydrogen) atoms. The second-order valence-electron chi connectivity index (χ2n) is 12.3. The molecule has 2 aliphatic heterocycles. The average molecular weight is 638 g/mol. The van der Waals surface area contributed by atoms with Crippen molar-refractivity contribution in [3.05, 3.63) is 101 Å². The Morgan fingerprint density at radius 2 is 1.76 bits per heavy atom. The lowest BCUT2D eigenvalue weighted by Gasteiger charge is -2.43. The molecular weight excluding hydrogens is 602 g/mol. The zero-order chi connectivity index (χ0) is 31.8. The molecule has 4 aromatic heterocycles. The third-order valence-electron chi connectivity index (χ3n) is 9.42. The quantitative estimate of drug-likeness (QED) is 0.302. The maximum absolute atomic E-state index is 14.1. The number of pyridine rings is 1. The number of aliphatic hydroxyl groups is 1. The number of rotatable bonds is 6. The van der Waals surface area contributed by atoms with Crippen LogP contribution in [0, 0.1) is 5.92 Å². The van der Waals surface area contributed by atoms with E-state index >= 15 is 0 Å². The SMILES string of the molecule is Cn1ccc2c(=O)n(CC3(O)CCN(C(=O)[C@@H]4CCN(C(=O)c5ncc(-c6ccncc6)s5)C[C@H]4c4ccccc4)CC3)cnc21. The molecule has 2 aliphatic rings. The first-order chi connectivity index (χ1) is 22.3. The van der Waals surface area contributed by atoms with Crippen LogP contribution in [0.25, 0.3) is 21.5 Å². The summed E-state index contributed by atoms with van der Waals surface area (Å²) >= 11 is 1.36. The molecule has 5 aromatic rings. The number of thiazole rings is 1. The fourth-order valence-corrected chi connectivity index (χ4v) is 7.66. The number of carbonyl (C=O) groups is 2. The van der Waals surface area contributed by atoms with Crippen LogP contribution in [0.3, 0.4) is 0 Å². The van der Waals surface area contributed by atoms with Gasteiger partial charge in [-0.2, -0.15) is 0 Å². The van der Waals surface area contributed by atoms with Crippen LogP contribution < -0.4 is 5.56 Å². The molecule has 2 atom stereocenters. The second kappa shape index (κ2) is 12.3. The van der Waals surface area contributed by atoms with Crippen molar-refractivity contribution in [3.8, 4) is 10.4 Å². The molecule has 0 unspecified atom stereocenters. The lowest BCUT2D eigenvalue weighted by atomic mass is 9.79. The number of hydrogen-bond donors (Lipinski definition) is 1. The number of amides is 2. The predicted molar refractivity (Wildman–Crippen MR) is 174 cm³/mol. The first-order valence-electron chi connectivity index (χ1n) is 15.5. The number of aromatic nitrogens is 5. The van der Waals surface area contributed by atoms with E-state index in [9.17, 15) is 19.5 Å². The Kier molecular flexibility index (Phi) is 7.99. The number of carbonyl (C=O) groups excluding carboxylic acids is 2. The molecular formula is C34H35N7O4S. The second-order valence-corrected chi connectivity index (χ2v) is 13.4. The van der Waals surface area contributed by atoms with Crippen LogP contribution in [0.5, 0.6) is 0 Å². The van der Waals surface area contributed by atoms with Crippen molar-refractivity contribution in [3.63, 3.8) is 0 Å². The molecule has 2 saturated heterocycles. The van der Waals surface area contributed by atoms with Crippen molar-refractivity contribution in [2.45, 2.75) is 37.3 Å². The molecule has 7 rings (SSSR count). The monoisotopic (exact) mass is 637 g/mol. The van der Waals surface area contributed by atoms with Gasteiger partial charge in [-0.05, 0) is 48.6 Å². The van der Waals surface area contributed by atoms with Gasteiger partial charge < -0.3 is 19.5 Å². The molecule has 1 N–H and O–H groups in total. The Morgan fingerprint density at radius 1 is 1.00 bits per heavy atom. The average Bonchev–Trinajstić information content (AvgIpc) is 3.74. The number of fused-ring (bicyclic) bond motifs is 1. The van der Waals surface area contributed by atoms with Crippen LogP contribution in [-0.2, 0) is 18.4 Å². The topological polar surface area (TPSA) is 126 Å². The Morgan fingerprint density at radius 3 is 2.52 bits per heavy atom. The maximum atomic E-state index is 14.1. The molecule has 6 heterocycles. The van der Waals surface area contributed by atoms with Gasteiger partial charge in [0.05, 0.1) is 22.4 Å². The fraction of sp³-hybridized carbons (Fsp3) is 0.353. The molecule has 0 spiro atoms. The summed E-state index contributed by atoms with van der Waals surface area (Å²) in [5, 5.41) is 12.4. The van der Waals surface area contributed by atoms with Gasteiger partial charge in [0.2, 0.25) is 5.91 Å². The number of benzene rings is 1. The minimum atomic E-state index is -1.12. The van der Waals surface area contributed by atoms with Gasteiger partial charge in [-0.15, -0.1) is 11.3 Å². The predicted octanol–water partition coefficient (Wildman–Crippen LogP) is 3.55. The zero-order valence-electron chi connectivity index (χ0n) is 25.5. The van der Waals surface area contributed by atoms with Crippen LogP contribution in [0.15, 0.2) is 84.4 Å². The van der Waals surface area contributed by atoms with Crippen molar-refractivity contribution < 1.29 is 14.7 Å². The molecule has 11 nitrogen and oxygen atoms in total. The lowest BCUT2D eigenvalue weighted by molar-refractivity contribution is -0.142. The van der Waals surface area contributed by atoms with Gasteiger partial charge in [-0.1, -0.05) is 30.3 Å². The summed E-state index contributed by atoms with van der Waals surface area (Å²) in [6.07, 6.45) is 9.69. The third-order valence-corrected chi connectivity index (χ3v) is 10.5. The first kappa shape index (κ1) is 30.0. The molecule has 1 aromatic carbocycles. The van der Waals surface area contributed by atoms with Crippen molar-refractivity contribution in [1.29, 1.82) is 0 Å². The van der Waals surface area contributed by atoms with E-state index in [0.29, 0.717) is 61.5 Å². The lowest BCUT2D eigenvalue weighted by Crippen LogP contribution is -2.53. The molecule has 12 heteroatoms. The Labute approximate surface area is 269 Å². The van der Waals surface area contributed by atoms with Gasteiger partial charge in [0.25, 0.3) is 11.5 Å². The molecule has 236 valence electrons. The number of aryl methyl sites for hydroxylation is 1. The highest BCUT2D eigenvalue weighted by Crippen LogP contribution is 2.36. The van der Waals surface area contributed by atoms with Crippen LogP contribution in [0.1, 0.15) is 40.5 Å². The highest BCUT2D eigenvalue weighted by Gasteiger charge is 2.42. The molecule has 2 amide bonds. The summed E-state index contributed by atoms with van der Waals surface area (Å²) in [6.45, 7) is 1.78. The van der Waals surface area contributed by atoms with Crippen LogP contribution in [-0.4, -0.2) is 82.6 Å². The number of piperidine rings is 2.